The van der Waals surface area contributed by atoms with E-state index in [9.17, 15) is 4.39 Å². The number of aliphatic imine (C=N–C) groups is 3. The van der Waals surface area contributed by atoms with Crippen LogP contribution < -0.4 is 16.9 Å². The SMILES string of the molecule is NC1=NC2=NC(CC3CCCN3Cc3cc(F)ccc3Br)(c3ccco3)NN2C(N)=N1. The Morgan fingerprint density at radius 2 is 2.16 bits per heavy atom. The van der Waals surface area contributed by atoms with E-state index in [1.165, 1.54) is 11.1 Å². The van der Waals surface area contributed by atoms with Gasteiger partial charge in [-0.1, -0.05) is 15.9 Å². The molecule has 0 amide bonds. The first kappa shape index (κ1) is 20.2. The zero-order valence-electron chi connectivity index (χ0n) is 16.6. The topological polar surface area (TPSA) is 121 Å². The molecule has 0 saturated carbocycles. The lowest BCUT2D eigenvalue weighted by Crippen LogP contribution is -2.55. The van der Waals surface area contributed by atoms with Crippen LogP contribution in [0.3, 0.4) is 0 Å². The van der Waals surface area contributed by atoms with Gasteiger partial charge in [-0.25, -0.2) is 14.4 Å². The number of furan rings is 1. The van der Waals surface area contributed by atoms with Gasteiger partial charge in [0.1, 0.15) is 11.6 Å². The number of halogens is 2. The van der Waals surface area contributed by atoms with Crippen LogP contribution >= 0.6 is 15.9 Å². The monoisotopic (exact) mass is 488 g/mol. The maximum absolute atomic E-state index is 13.8. The summed E-state index contributed by atoms with van der Waals surface area (Å²) >= 11 is 3.54. The third-order valence-corrected chi connectivity index (χ3v) is 6.57. The summed E-state index contributed by atoms with van der Waals surface area (Å²) in [6.45, 7) is 1.54. The number of nitrogens with zero attached hydrogens (tertiary/aromatic N) is 5. The van der Waals surface area contributed by atoms with Crippen LogP contribution in [0.2, 0.25) is 0 Å². The standard InChI is InChI=1S/C20H22BrFN8O/c21-15-6-5-13(22)9-12(15)11-29-7-1-3-14(29)10-20(16-4-2-8-31-16)27-19-26-17(23)25-18(24)30(19)28-20/h2,4-6,8-9,14,28H,1,3,7,10-11H2,(H4,23,24,25,26,27). The molecule has 5 N–H and O–H groups in total. The van der Waals surface area contributed by atoms with E-state index in [1.807, 2.05) is 12.1 Å². The van der Waals surface area contributed by atoms with Crippen molar-refractivity contribution in [1.82, 2.24) is 15.3 Å². The molecule has 4 heterocycles. The Bertz CT molecular complexity index is 1080. The molecule has 9 nitrogen and oxygen atoms in total. The fourth-order valence-corrected chi connectivity index (χ4v) is 4.76. The molecular weight excluding hydrogens is 467 g/mol. The lowest BCUT2D eigenvalue weighted by atomic mass is 9.96. The van der Waals surface area contributed by atoms with Gasteiger partial charge in [0.15, 0.2) is 5.66 Å². The summed E-state index contributed by atoms with van der Waals surface area (Å²) in [5, 5.41) is 1.53. The Morgan fingerprint density at radius 1 is 1.29 bits per heavy atom. The van der Waals surface area contributed by atoms with Crippen molar-refractivity contribution in [2.24, 2.45) is 26.4 Å². The molecule has 31 heavy (non-hydrogen) atoms. The van der Waals surface area contributed by atoms with E-state index >= 15 is 0 Å². The summed E-state index contributed by atoms with van der Waals surface area (Å²) in [6.07, 6.45) is 4.25. The van der Waals surface area contributed by atoms with Crippen LogP contribution in [0.4, 0.5) is 4.39 Å². The van der Waals surface area contributed by atoms with Crippen molar-refractivity contribution in [1.29, 1.82) is 0 Å². The number of likely N-dealkylation sites (tertiary alicyclic amines) is 1. The minimum absolute atomic E-state index is 0.0583. The van der Waals surface area contributed by atoms with Gasteiger partial charge in [0.05, 0.1) is 6.26 Å². The second-order valence-electron chi connectivity index (χ2n) is 7.84. The number of fused-ring (bicyclic) bond motifs is 1. The number of nitrogens with two attached hydrogens (primary N) is 2. The van der Waals surface area contributed by atoms with Crippen molar-refractivity contribution < 1.29 is 8.81 Å². The fraction of sp³-hybridized carbons (Fsp3) is 0.350. The third kappa shape index (κ3) is 3.73. The first-order chi connectivity index (χ1) is 14.9. The lowest BCUT2D eigenvalue weighted by Gasteiger charge is -2.33. The highest BCUT2D eigenvalue weighted by molar-refractivity contribution is 9.10. The Morgan fingerprint density at radius 3 is 2.97 bits per heavy atom. The Balaban J connectivity index is 1.44. The summed E-state index contributed by atoms with van der Waals surface area (Å²) in [5.74, 6) is 0.982. The van der Waals surface area contributed by atoms with Crippen LogP contribution in [0.1, 0.15) is 30.6 Å². The molecule has 3 aliphatic rings. The smallest absolute Gasteiger partial charge is 0.248 e. The molecule has 0 spiro atoms. The maximum atomic E-state index is 13.8. The van der Waals surface area contributed by atoms with E-state index in [4.69, 9.17) is 20.9 Å². The molecule has 1 aromatic heterocycles. The van der Waals surface area contributed by atoms with E-state index in [-0.39, 0.29) is 23.8 Å². The fourth-order valence-electron chi connectivity index (χ4n) is 4.38. The van der Waals surface area contributed by atoms with Crippen molar-refractivity contribution in [2.45, 2.75) is 37.5 Å². The van der Waals surface area contributed by atoms with Gasteiger partial charge in [-0.05, 0) is 55.3 Å². The Kier molecular flexibility index (Phi) is 5.03. The van der Waals surface area contributed by atoms with Crippen LogP contribution in [-0.2, 0) is 12.2 Å². The zero-order valence-corrected chi connectivity index (χ0v) is 18.2. The summed E-state index contributed by atoms with van der Waals surface area (Å²) < 4.78 is 20.4. The van der Waals surface area contributed by atoms with Gasteiger partial charge in [-0.3, -0.25) is 4.90 Å². The average Bonchev–Trinajstić information content (AvgIpc) is 3.46. The molecule has 1 fully saturated rings. The Hall–Kier alpha value is -2.76. The van der Waals surface area contributed by atoms with Gasteiger partial charge in [0.25, 0.3) is 0 Å². The van der Waals surface area contributed by atoms with Crippen molar-refractivity contribution in [3.8, 4) is 0 Å². The molecule has 0 radical (unpaired) electrons. The molecule has 2 aromatic rings. The first-order valence-corrected chi connectivity index (χ1v) is 10.8. The van der Waals surface area contributed by atoms with Gasteiger partial charge in [0, 0.05) is 23.5 Å². The van der Waals surface area contributed by atoms with Gasteiger partial charge >= 0.3 is 0 Å². The highest BCUT2D eigenvalue weighted by atomic mass is 79.9. The molecule has 11 heteroatoms. The highest BCUT2D eigenvalue weighted by Gasteiger charge is 2.48. The number of rotatable bonds is 5. The quantitative estimate of drug-likeness (QED) is 0.593. The zero-order chi connectivity index (χ0) is 21.6. The van der Waals surface area contributed by atoms with Crippen molar-refractivity contribution in [3.05, 3.63) is 58.2 Å². The summed E-state index contributed by atoms with van der Waals surface area (Å²) in [5.41, 5.74) is 15.2. The molecule has 3 aliphatic heterocycles. The van der Waals surface area contributed by atoms with E-state index in [0.717, 1.165) is 29.4 Å². The predicted molar refractivity (Wildman–Crippen MR) is 118 cm³/mol. The van der Waals surface area contributed by atoms with E-state index < -0.39 is 5.66 Å². The lowest BCUT2D eigenvalue weighted by molar-refractivity contribution is 0.147. The highest BCUT2D eigenvalue weighted by Crippen LogP contribution is 2.38. The molecule has 162 valence electrons. The van der Waals surface area contributed by atoms with Crippen LogP contribution in [0.15, 0.2) is 60.5 Å². The molecule has 5 rings (SSSR count). The largest absolute Gasteiger partial charge is 0.465 e. The maximum Gasteiger partial charge on any atom is 0.248 e. The number of hydrogen-bond donors (Lipinski definition) is 3. The third-order valence-electron chi connectivity index (χ3n) is 5.80. The second kappa shape index (κ2) is 7.74. The minimum Gasteiger partial charge on any atom is -0.465 e. The molecule has 1 aromatic carbocycles. The summed E-state index contributed by atoms with van der Waals surface area (Å²) in [7, 11) is 0. The average molecular weight is 489 g/mol. The van der Waals surface area contributed by atoms with Crippen molar-refractivity contribution in [2.75, 3.05) is 6.54 Å². The van der Waals surface area contributed by atoms with Gasteiger partial charge < -0.3 is 15.9 Å². The van der Waals surface area contributed by atoms with E-state index in [1.54, 1.807) is 18.4 Å². The predicted octanol–water partition coefficient (Wildman–Crippen LogP) is 2.21. The Labute approximate surface area is 186 Å². The van der Waals surface area contributed by atoms with E-state index in [0.29, 0.717) is 24.7 Å². The minimum atomic E-state index is -0.903. The van der Waals surface area contributed by atoms with Gasteiger partial charge in [0.2, 0.25) is 17.9 Å². The number of guanidine groups is 3. The van der Waals surface area contributed by atoms with Crippen molar-refractivity contribution in [3.63, 3.8) is 0 Å². The van der Waals surface area contributed by atoms with Crippen LogP contribution in [-0.4, -0.2) is 40.4 Å². The van der Waals surface area contributed by atoms with Crippen molar-refractivity contribution >= 4 is 33.8 Å². The molecule has 0 bridgehead atoms. The van der Waals surface area contributed by atoms with Crippen LogP contribution in [0, 0.1) is 5.82 Å². The van der Waals surface area contributed by atoms with Crippen LogP contribution in [0.5, 0.6) is 0 Å². The van der Waals surface area contributed by atoms with Gasteiger partial charge in [-0.15, -0.1) is 0 Å². The first-order valence-electron chi connectivity index (χ1n) is 10.0. The van der Waals surface area contributed by atoms with Gasteiger partial charge in [-0.2, -0.15) is 15.4 Å². The molecule has 2 unspecified atom stereocenters. The number of hydrazine groups is 1. The normalized spacial score (nSPS) is 25.9. The van der Waals surface area contributed by atoms with E-state index in [2.05, 4.69) is 36.2 Å². The van der Waals surface area contributed by atoms with Crippen LogP contribution in [0.25, 0.3) is 0 Å². The number of nitrogens with one attached hydrogen (secondary N) is 1. The number of hydrogen-bond acceptors (Lipinski definition) is 9. The molecule has 1 saturated heterocycles. The summed E-state index contributed by atoms with van der Waals surface area (Å²) in [4.78, 5) is 15.4. The number of benzene rings is 1. The molecule has 2 atom stereocenters. The second-order valence-corrected chi connectivity index (χ2v) is 8.70. The molecule has 0 aliphatic carbocycles. The molecular formula is C20H22BrFN8O. The summed E-state index contributed by atoms with van der Waals surface area (Å²) in [6, 6.07) is 8.64.